The lowest BCUT2D eigenvalue weighted by Gasteiger charge is -2.13. The number of pyridine rings is 1. The second-order valence-corrected chi connectivity index (χ2v) is 7.17. The Morgan fingerprint density at radius 2 is 2.00 bits per heavy atom. The predicted molar refractivity (Wildman–Crippen MR) is 106 cm³/mol. The molecule has 4 rings (SSSR count). The monoisotopic (exact) mass is 331 g/mol. The van der Waals surface area contributed by atoms with Crippen molar-refractivity contribution in [2.45, 2.75) is 26.7 Å². The first-order valence-corrected chi connectivity index (χ1v) is 9.03. The average Bonchev–Trinajstić information content (AvgIpc) is 2.76. The molecule has 0 aliphatic carbocycles. The first kappa shape index (κ1) is 16.1. The minimum absolute atomic E-state index is 1.09. The van der Waals surface area contributed by atoms with Crippen molar-refractivity contribution in [3.8, 4) is 0 Å². The van der Waals surface area contributed by atoms with E-state index >= 15 is 0 Å². The van der Waals surface area contributed by atoms with Crippen LogP contribution >= 0.6 is 0 Å². The summed E-state index contributed by atoms with van der Waals surface area (Å²) in [6.07, 6.45) is 8.27. The smallest absolute Gasteiger partial charge is 0.0528 e. The van der Waals surface area contributed by atoms with Crippen molar-refractivity contribution < 1.29 is 0 Å². The highest BCUT2D eigenvalue weighted by molar-refractivity contribution is 5.90. The SMILES string of the molecule is C/C(=C\n1c2c(c3cc(C)ccc31)CCN(C)CC2)c1cccnc1. The predicted octanol–water partition coefficient (Wildman–Crippen LogP) is 4.39. The van der Waals surface area contributed by atoms with Crippen molar-refractivity contribution in [2.75, 3.05) is 20.1 Å². The molecule has 3 aromatic rings. The number of aryl methyl sites for hydroxylation is 1. The first-order valence-electron chi connectivity index (χ1n) is 9.03. The zero-order chi connectivity index (χ0) is 17.4. The van der Waals surface area contributed by atoms with Gasteiger partial charge in [-0.15, -0.1) is 0 Å². The average molecular weight is 331 g/mol. The Morgan fingerprint density at radius 3 is 2.80 bits per heavy atom. The minimum Gasteiger partial charge on any atom is -0.320 e. The highest BCUT2D eigenvalue weighted by atomic mass is 15.1. The molecule has 1 aromatic carbocycles. The van der Waals surface area contributed by atoms with E-state index in [1.807, 2.05) is 18.5 Å². The Balaban J connectivity index is 1.91. The number of nitrogens with zero attached hydrogens (tertiary/aromatic N) is 3. The number of fused-ring (bicyclic) bond motifs is 3. The van der Waals surface area contributed by atoms with E-state index in [0.717, 1.165) is 25.9 Å². The second kappa shape index (κ2) is 6.49. The molecule has 3 nitrogen and oxygen atoms in total. The molecule has 0 atom stereocenters. The van der Waals surface area contributed by atoms with Crippen molar-refractivity contribution in [1.82, 2.24) is 14.5 Å². The molecule has 0 bridgehead atoms. The number of hydrogen-bond donors (Lipinski definition) is 0. The summed E-state index contributed by atoms with van der Waals surface area (Å²) in [5, 5.41) is 1.42. The molecule has 0 unspecified atom stereocenters. The van der Waals surface area contributed by atoms with Gasteiger partial charge in [-0.3, -0.25) is 4.98 Å². The number of benzene rings is 1. The maximum absolute atomic E-state index is 4.26. The third-order valence-corrected chi connectivity index (χ3v) is 5.29. The van der Waals surface area contributed by atoms with E-state index in [0.29, 0.717) is 0 Å². The van der Waals surface area contributed by atoms with Crippen LogP contribution in [-0.2, 0) is 12.8 Å². The van der Waals surface area contributed by atoms with E-state index in [1.54, 1.807) is 0 Å². The van der Waals surface area contributed by atoms with Gasteiger partial charge in [0.05, 0.1) is 5.52 Å². The van der Waals surface area contributed by atoms with Crippen LogP contribution < -0.4 is 0 Å². The van der Waals surface area contributed by atoms with Gasteiger partial charge < -0.3 is 9.47 Å². The first-order chi connectivity index (χ1) is 12.1. The molecule has 0 radical (unpaired) electrons. The number of likely N-dealkylation sites (N-methyl/N-ethyl adjacent to an activating group) is 1. The van der Waals surface area contributed by atoms with Gasteiger partial charge in [0, 0.05) is 49.2 Å². The van der Waals surface area contributed by atoms with Crippen LogP contribution in [0, 0.1) is 6.92 Å². The zero-order valence-corrected chi connectivity index (χ0v) is 15.3. The molecule has 0 spiro atoms. The lowest BCUT2D eigenvalue weighted by atomic mass is 10.1. The number of hydrogen-bond acceptors (Lipinski definition) is 2. The van der Waals surface area contributed by atoms with Gasteiger partial charge in [0.25, 0.3) is 0 Å². The van der Waals surface area contributed by atoms with Gasteiger partial charge in [0.15, 0.2) is 0 Å². The van der Waals surface area contributed by atoms with E-state index in [2.05, 4.69) is 65.8 Å². The van der Waals surface area contributed by atoms with E-state index in [1.165, 1.54) is 38.9 Å². The van der Waals surface area contributed by atoms with Crippen molar-refractivity contribution in [1.29, 1.82) is 0 Å². The van der Waals surface area contributed by atoms with Gasteiger partial charge in [-0.25, -0.2) is 0 Å². The topological polar surface area (TPSA) is 21.1 Å². The largest absolute Gasteiger partial charge is 0.320 e. The molecule has 1 aliphatic rings. The zero-order valence-electron chi connectivity index (χ0n) is 15.3. The summed E-state index contributed by atoms with van der Waals surface area (Å²) >= 11 is 0. The molecule has 0 N–H and O–H groups in total. The second-order valence-electron chi connectivity index (χ2n) is 7.17. The van der Waals surface area contributed by atoms with E-state index in [-0.39, 0.29) is 0 Å². The fourth-order valence-corrected chi connectivity index (χ4v) is 3.82. The van der Waals surface area contributed by atoms with Crippen LogP contribution in [0.25, 0.3) is 22.7 Å². The van der Waals surface area contributed by atoms with Crippen LogP contribution in [0.1, 0.15) is 29.3 Å². The summed E-state index contributed by atoms with van der Waals surface area (Å²) < 4.78 is 2.42. The number of aromatic nitrogens is 2. The molecule has 3 heterocycles. The Morgan fingerprint density at radius 1 is 1.16 bits per heavy atom. The third-order valence-electron chi connectivity index (χ3n) is 5.29. The summed E-state index contributed by atoms with van der Waals surface area (Å²) in [5.74, 6) is 0. The minimum atomic E-state index is 1.09. The van der Waals surface area contributed by atoms with Crippen molar-refractivity contribution >= 4 is 22.7 Å². The van der Waals surface area contributed by atoms with Crippen molar-refractivity contribution in [2.24, 2.45) is 0 Å². The van der Waals surface area contributed by atoms with Crippen LogP contribution in [0.3, 0.4) is 0 Å². The highest BCUT2D eigenvalue weighted by Crippen LogP contribution is 2.31. The Bertz CT molecular complexity index is 935. The standard InChI is InChI=1S/C22H25N3/c1-16-6-7-21-20(13-16)19-8-11-24(3)12-9-22(19)25(21)15-17(2)18-5-4-10-23-14-18/h4-7,10,13-15H,8-9,11-12H2,1-3H3/b17-15+. The van der Waals surface area contributed by atoms with Gasteiger partial charge in [-0.2, -0.15) is 0 Å². The Kier molecular flexibility index (Phi) is 4.18. The van der Waals surface area contributed by atoms with Crippen LogP contribution in [0.2, 0.25) is 0 Å². The Labute approximate surface area is 149 Å². The van der Waals surface area contributed by atoms with Crippen LogP contribution in [0.5, 0.6) is 0 Å². The summed E-state index contributed by atoms with van der Waals surface area (Å²) in [4.78, 5) is 6.70. The van der Waals surface area contributed by atoms with Gasteiger partial charge in [-0.05, 0) is 62.2 Å². The maximum atomic E-state index is 4.26. The summed E-state index contributed by atoms with van der Waals surface area (Å²) in [5.41, 5.74) is 8.06. The molecule has 128 valence electrons. The molecule has 0 fully saturated rings. The van der Waals surface area contributed by atoms with E-state index < -0.39 is 0 Å². The highest BCUT2D eigenvalue weighted by Gasteiger charge is 2.20. The fraction of sp³-hybridized carbons (Fsp3) is 0.318. The quantitative estimate of drug-likeness (QED) is 0.694. The Hall–Kier alpha value is -2.39. The van der Waals surface area contributed by atoms with Gasteiger partial charge in [-0.1, -0.05) is 17.7 Å². The normalized spacial score (nSPS) is 16.0. The van der Waals surface area contributed by atoms with Crippen LogP contribution in [0.15, 0.2) is 42.7 Å². The molecule has 0 amide bonds. The molecule has 0 saturated carbocycles. The van der Waals surface area contributed by atoms with E-state index in [9.17, 15) is 0 Å². The fourth-order valence-electron chi connectivity index (χ4n) is 3.82. The molecule has 25 heavy (non-hydrogen) atoms. The summed E-state index contributed by atoms with van der Waals surface area (Å²) in [6, 6.07) is 11.0. The van der Waals surface area contributed by atoms with Crippen LogP contribution in [-0.4, -0.2) is 34.6 Å². The van der Waals surface area contributed by atoms with Crippen molar-refractivity contribution in [3.63, 3.8) is 0 Å². The molecular weight excluding hydrogens is 306 g/mol. The van der Waals surface area contributed by atoms with Crippen molar-refractivity contribution in [3.05, 3.63) is 65.1 Å². The summed E-state index contributed by atoms with van der Waals surface area (Å²) in [6.45, 7) is 6.60. The summed E-state index contributed by atoms with van der Waals surface area (Å²) in [7, 11) is 2.22. The van der Waals surface area contributed by atoms with E-state index in [4.69, 9.17) is 0 Å². The lowest BCUT2D eigenvalue weighted by Crippen LogP contribution is -2.21. The number of allylic oxidation sites excluding steroid dienone is 1. The molecule has 0 saturated heterocycles. The third kappa shape index (κ3) is 3.00. The molecule has 3 heteroatoms. The maximum Gasteiger partial charge on any atom is 0.0528 e. The lowest BCUT2D eigenvalue weighted by molar-refractivity contribution is 0.351. The van der Waals surface area contributed by atoms with Gasteiger partial charge in [0.1, 0.15) is 0 Å². The number of rotatable bonds is 2. The van der Waals surface area contributed by atoms with Gasteiger partial charge in [0.2, 0.25) is 0 Å². The molecule has 2 aromatic heterocycles. The molecular formula is C22H25N3. The van der Waals surface area contributed by atoms with Gasteiger partial charge >= 0.3 is 0 Å². The van der Waals surface area contributed by atoms with Crippen LogP contribution in [0.4, 0.5) is 0 Å². The molecule has 1 aliphatic heterocycles.